The molecule has 2 rings (SSSR count). The maximum atomic E-state index is 12.5. The van der Waals surface area contributed by atoms with E-state index in [1.54, 1.807) is 0 Å². The molecule has 1 aromatic carbocycles. The van der Waals surface area contributed by atoms with E-state index in [1.165, 1.54) is 0 Å². The summed E-state index contributed by atoms with van der Waals surface area (Å²) in [5, 5.41) is 3.05. The number of benzene rings is 1. The fourth-order valence-electron chi connectivity index (χ4n) is 2.92. The van der Waals surface area contributed by atoms with Crippen LogP contribution in [0.1, 0.15) is 43.4 Å². The largest absolute Gasteiger partial charge is 0.309 e. The lowest BCUT2D eigenvalue weighted by atomic mass is 9.98. The lowest BCUT2D eigenvalue weighted by Gasteiger charge is -2.31. The van der Waals surface area contributed by atoms with E-state index in [-0.39, 0.29) is 11.3 Å². The number of hydrogen-bond acceptors (Lipinski definition) is 3. The number of sulfone groups is 1. The quantitative estimate of drug-likeness (QED) is 0.768. The van der Waals surface area contributed by atoms with Crippen LogP contribution in [0.25, 0.3) is 0 Å². The third-order valence-electron chi connectivity index (χ3n) is 4.04. The van der Waals surface area contributed by atoms with Gasteiger partial charge in [-0.05, 0) is 49.6 Å². The summed E-state index contributed by atoms with van der Waals surface area (Å²) in [6.07, 6.45) is 2.50. The van der Waals surface area contributed by atoms with E-state index in [0.29, 0.717) is 5.75 Å². The molecule has 2 unspecified atom stereocenters. The van der Waals surface area contributed by atoms with Gasteiger partial charge in [0, 0.05) is 8.95 Å². The second kappa shape index (κ2) is 7.11. The van der Waals surface area contributed by atoms with E-state index >= 15 is 0 Å². The molecule has 118 valence electrons. The zero-order valence-corrected chi connectivity index (χ0v) is 16.3. The average Bonchev–Trinajstić information content (AvgIpc) is 2.41. The van der Waals surface area contributed by atoms with E-state index < -0.39 is 9.84 Å². The minimum atomic E-state index is -3.03. The Morgan fingerprint density at radius 3 is 2.62 bits per heavy atom. The first-order chi connectivity index (χ1) is 9.86. The molecule has 0 spiro atoms. The van der Waals surface area contributed by atoms with Gasteiger partial charge in [-0.1, -0.05) is 45.2 Å². The highest BCUT2D eigenvalue weighted by atomic mass is 79.9. The Bertz CT molecular complexity index is 616. The molecule has 1 aliphatic rings. The summed E-state index contributed by atoms with van der Waals surface area (Å²) in [6, 6.07) is 3.92. The molecule has 6 heteroatoms. The average molecular weight is 439 g/mol. The van der Waals surface area contributed by atoms with Gasteiger partial charge in [0.1, 0.15) is 0 Å². The predicted molar refractivity (Wildman–Crippen MR) is 94.4 cm³/mol. The number of aryl methyl sites for hydroxylation is 1. The highest BCUT2D eigenvalue weighted by Crippen LogP contribution is 2.36. The van der Waals surface area contributed by atoms with Crippen molar-refractivity contribution in [1.29, 1.82) is 0 Å². The standard InChI is InChI=1S/C15H21Br2NO2S/c1-3-18-15(14-6-4-5-7-21(14,19)20)11-9-12(16)10(2)8-13(11)17/h8-9,14-15,18H,3-7H2,1-2H3. The predicted octanol–water partition coefficient (Wildman–Crippen LogP) is 4.14. The minimum Gasteiger partial charge on any atom is -0.309 e. The van der Waals surface area contributed by atoms with Crippen molar-refractivity contribution >= 4 is 41.7 Å². The molecule has 2 atom stereocenters. The SMILES string of the molecule is CCNC(c1cc(Br)c(C)cc1Br)C1CCCCS1(=O)=O. The van der Waals surface area contributed by atoms with Crippen molar-refractivity contribution in [3.63, 3.8) is 0 Å². The van der Waals surface area contributed by atoms with E-state index in [1.807, 2.05) is 26.0 Å². The van der Waals surface area contributed by atoms with Gasteiger partial charge in [0.15, 0.2) is 9.84 Å². The second-order valence-corrected chi connectivity index (χ2v) is 9.61. The number of halogens is 2. The molecule has 21 heavy (non-hydrogen) atoms. The van der Waals surface area contributed by atoms with E-state index in [0.717, 1.165) is 45.9 Å². The van der Waals surface area contributed by atoms with Gasteiger partial charge < -0.3 is 5.32 Å². The van der Waals surface area contributed by atoms with E-state index in [4.69, 9.17) is 0 Å². The molecule has 1 aliphatic heterocycles. The fraction of sp³-hybridized carbons (Fsp3) is 0.600. The van der Waals surface area contributed by atoms with Gasteiger partial charge in [0.25, 0.3) is 0 Å². The molecular formula is C15H21Br2NO2S. The maximum absolute atomic E-state index is 12.5. The zero-order chi connectivity index (χ0) is 15.6. The lowest BCUT2D eigenvalue weighted by Crippen LogP contribution is -2.40. The van der Waals surface area contributed by atoms with Gasteiger partial charge in [0.05, 0.1) is 17.0 Å². The van der Waals surface area contributed by atoms with Crippen LogP contribution in [-0.2, 0) is 9.84 Å². The van der Waals surface area contributed by atoms with Crippen LogP contribution < -0.4 is 5.32 Å². The van der Waals surface area contributed by atoms with E-state index in [9.17, 15) is 8.42 Å². The fourth-order valence-corrected chi connectivity index (χ4v) is 6.07. The van der Waals surface area contributed by atoms with Crippen molar-refractivity contribution < 1.29 is 8.42 Å². The third-order valence-corrected chi connectivity index (χ3v) is 7.87. The molecule has 0 aromatic heterocycles. The van der Waals surface area contributed by atoms with Gasteiger partial charge >= 0.3 is 0 Å². The lowest BCUT2D eigenvalue weighted by molar-refractivity contribution is 0.453. The first-order valence-electron chi connectivity index (χ1n) is 7.27. The Labute approximate surface area is 144 Å². The van der Waals surface area contributed by atoms with Gasteiger partial charge in [-0.2, -0.15) is 0 Å². The highest BCUT2D eigenvalue weighted by Gasteiger charge is 2.36. The Balaban J connectivity index is 2.46. The van der Waals surface area contributed by atoms with Crippen molar-refractivity contribution in [3.05, 3.63) is 32.2 Å². The number of hydrogen-bond donors (Lipinski definition) is 1. The summed E-state index contributed by atoms with van der Waals surface area (Å²) in [5.41, 5.74) is 2.15. The number of rotatable bonds is 4. The Kier molecular flexibility index (Phi) is 5.91. The van der Waals surface area contributed by atoms with Crippen LogP contribution in [0.3, 0.4) is 0 Å². The third kappa shape index (κ3) is 3.89. The van der Waals surface area contributed by atoms with Crippen molar-refractivity contribution in [2.24, 2.45) is 0 Å². The van der Waals surface area contributed by atoms with Crippen LogP contribution in [-0.4, -0.2) is 26.0 Å². The van der Waals surface area contributed by atoms with Crippen molar-refractivity contribution in [1.82, 2.24) is 5.32 Å². The van der Waals surface area contributed by atoms with Gasteiger partial charge in [-0.25, -0.2) is 8.42 Å². The molecule has 1 saturated heterocycles. The molecular weight excluding hydrogens is 418 g/mol. The molecule has 3 nitrogen and oxygen atoms in total. The molecule has 1 fully saturated rings. The molecule has 0 amide bonds. The second-order valence-electron chi connectivity index (χ2n) is 5.56. The summed E-state index contributed by atoms with van der Waals surface area (Å²) < 4.78 is 26.9. The molecule has 1 N–H and O–H groups in total. The Morgan fingerprint density at radius 1 is 1.29 bits per heavy atom. The van der Waals surface area contributed by atoms with Crippen LogP contribution in [0, 0.1) is 6.92 Å². The first-order valence-corrected chi connectivity index (χ1v) is 10.6. The van der Waals surface area contributed by atoms with Crippen molar-refractivity contribution in [2.45, 2.75) is 44.4 Å². The molecule has 0 bridgehead atoms. The summed E-state index contributed by atoms with van der Waals surface area (Å²) >= 11 is 7.15. The first kappa shape index (κ1) is 17.4. The van der Waals surface area contributed by atoms with Crippen LogP contribution in [0.4, 0.5) is 0 Å². The Morgan fingerprint density at radius 2 is 2.00 bits per heavy atom. The monoisotopic (exact) mass is 437 g/mol. The van der Waals surface area contributed by atoms with Crippen LogP contribution in [0.2, 0.25) is 0 Å². The van der Waals surface area contributed by atoms with Crippen molar-refractivity contribution in [2.75, 3.05) is 12.3 Å². The summed E-state index contributed by atoms with van der Waals surface area (Å²) in [6.45, 7) is 4.78. The molecule has 1 heterocycles. The molecule has 1 aromatic rings. The van der Waals surface area contributed by atoms with Gasteiger partial charge in [-0.15, -0.1) is 0 Å². The molecule has 0 aliphatic carbocycles. The van der Waals surface area contributed by atoms with Crippen LogP contribution >= 0.6 is 31.9 Å². The smallest absolute Gasteiger partial charge is 0.155 e. The van der Waals surface area contributed by atoms with Crippen LogP contribution in [0.15, 0.2) is 21.1 Å². The maximum Gasteiger partial charge on any atom is 0.155 e. The van der Waals surface area contributed by atoms with Gasteiger partial charge in [0.2, 0.25) is 0 Å². The normalized spacial score (nSPS) is 23.0. The van der Waals surface area contributed by atoms with Crippen molar-refractivity contribution in [3.8, 4) is 0 Å². The number of nitrogens with one attached hydrogen (secondary N) is 1. The zero-order valence-electron chi connectivity index (χ0n) is 12.3. The highest BCUT2D eigenvalue weighted by molar-refractivity contribution is 9.11. The Hall–Kier alpha value is 0.0900. The minimum absolute atomic E-state index is 0.161. The summed E-state index contributed by atoms with van der Waals surface area (Å²) in [4.78, 5) is 0. The van der Waals surface area contributed by atoms with E-state index in [2.05, 4.69) is 37.2 Å². The molecule has 0 saturated carbocycles. The summed E-state index contributed by atoms with van der Waals surface area (Å²) in [7, 11) is -3.03. The molecule has 0 radical (unpaired) electrons. The van der Waals surface area contributed by atoms with Gasteiger partial charge in [-0.3, -0.25) is 0 Å². The summed E-state index contributed by atoms with van der Waals surface area (Å²) in [5.74, 6) is 0.310. The topological polar surface area (TPSA) is 46.2 Å². The van der Waals surface area contributed by atoms with Crippen LogP contribution in [0.5, 0.6) is 0 Å².